The van der Waals surface area contributed by atoms with Gasteiger partial charge in [-0.3, -0.25) is 0 Å². The Balaban J connectivity index is 2.48. The van der Waals surface area contributed by atoms with Crippen LogP contribution in [0.3, 0.4) is 0 Å². The van der Waals surface area contributed by atoms with E-state index in [0.29, 0.717) is 0 Å². The van der Waals surface area contributed by atoms with Crippen molar-refractivity contribution >= 4 is 0 Å². The van der Waals surface area contributed by atoms with Crippen molar-refractivity contribution < 1.29 is 0 Å². The van der Waals surface area contributed by atoms with Gasteiger partial charge in [0.15, 0.2) is 5.82 Å². The second-order valence-electron chi connectivity index (χ2n) is 2.92. The highest BCUT2D eigenvalue weighted by Crippen LogP contribution is 2.06. The maximum atomic E-state index is 4.28. The van der Waals surface area contributed by atoms with Crippen LogP contribution in [0.15, 0.2) is 24.4 Å². The summed E-state index contributed by atoms with van der Waals surface area (Å²) in [6.45, 7) is 3.95. The summed E-state index contributed by atoms with van der Waals surface area (Å²) in [5.41, 5.74) is 2.05. The molecule has 13 heavy (non-hydrogen) atoms. The summed E-state index contributed by atoms with van der Waals surface area (Å²) in [4.78, 5) is 4.17. The molecule has 0 aromatic carbocycles. The standard InChI is InChI=1S/C10H10N3/c1-8-7-13(12-9(8)2)10-5-3-4-6-11-10/h3-6H,1-2H3. The summed E-state index contributed by atoms with van der Waals surface area (Å²) in [5, 5.41) is 4.28. The van der Waals surface area contributed by atoms with E-state index in [1.807, 2.05) is 32.0 Å². The Labute approximate surface area is 77.0 Å². The number of rotatable bonds is 1. The molecule has 0 aliphatic rings. The van der Waals surface area contributed by atoms with E-state index in [2.05, 4.69) is 16.3 Å². The number of pyridine rings is 1. The molecule has 0 N–H and O–H groups in total. The van der Waals surface area contributed by atoms with Crippen molar-refractivity contribution in [1.82, 2.24) is 14.8 Å². The lowest BCUT2D eigenvalue weighted by atomic mass is 10.3. The monoisotopic (exact) mass is 172 g/mol. The molecule has 2 heterocycles. The van der Waals surface area contributed by atoms with Gasteiger partial charge in [0.2, 0.25) is 0 Å². The molecule has 3 heteroatoms. The van der Waals surface area contributed by atoms with Gasteiger partial charge in [-0.15, -0.1) is 0 Å². The van der Waals surface area contributed by atoms with Crippen LogP contribution in [0.4, 0.5) is 0 Å². The lowest BCUT2D eigenvalue weighted by Gasteiger charge is -1.96. The van der Waals surface area contributed by atoms with E-state index in [1.54, 1.807) is 10.9 Å². The van der Waals surface area contributed by atoms with Gasteiger partial charge in [0.25, 0.3) is 0 Å². The molecule has 0 fully saturated rings. The normalized spacial score (nSPS) is 10.3. The van der Waals surface area contributed by atoms with Gasteiger partial charge in [-0.25, -0.2) is 9.67 Å². The lowest BCUT2D eigenvalue weighted by Crippen LogP contribution is -1.97. The van der Waals surface area contributed by atoms with Gasteiger partial charge in [0, 0.05) is 11.8 Å². The molecule has 2 aromatic heterocycles. The minimum atomic E-state index is 0.804. The molecule has 0 atom stereocenters. The highest BCUT2D eigenvalue weighted by molar-refractivity contribution is 5.23. The predicted octanol–water partition coefficient (Wildman–Crippen LogP) is 1.68. The number of aryl methyl sites for hydroxylation is 2. The molecule has 0 aliphatic heterocycles. The molecule has 3 nitrogen and oxygen atoms in total. The second-order valence-corrected chi connectivity index (χ2v) is 2.92. The molecule has 1 radical (unpaired) electrons. The van der Waals surface area contributed by atoms with Crippen molar-refractivity contribution in [3.63, 3.8) is 0 Å². The van der Waals surface area contributed by atoms with Crippen LogP contribution in [-0.4, -0.2) is 14.8 Å². The second kappa shape index (κ2) is 3.01. The van der Waals surface area contributed by atoms with Crippen LogP contribution in [0.2, 0.25) is 0 Å². The average molecular weight is 172 g/mol. The topological polar surface area (TPSA) is 30.7 Å². The van der Waals surface area contributed by atoms with Crippen LogP contribution in [0.1, 0.15) is 11.3 Å². The zero-order valence-electron chi connectivity index (χ0n) is 7.65. The highest BCUT2D eigenvalue weighted by atomic mass is 15.3. The first-order chi connectivity index (χ1) is 6.27. The third-order valence-corrected chi connectivity index (χ3v) is 1.93. The number of hydrogen-bond acceptors (Lipinski definition) is 2. The van der Waals surface area contributed by atoms with Crippen LogP contribution in [-0.2, 0) is 0 Å². The first kappa shape index (κ1) is 7.98. The van der Waals surface area contributed by atoms with Gasteiger partial charge in [-0.05, 0) is 26.0 Å². The van der Waals surface area contributed by atoms with Gasteiger partial charge < -0.3 is 0 Å². The van der Waals surface area contributed by atoms with Crippen molar-refractivity contribution in [1.29, 1.82) is 0 Å². The number of nitrogens with zero attached hydrogens (tertiary/aromatic N) is 3. The predicted molar refractivity (Wildman–Crippen MR) is 49.7 cm³/mol. The molecule has 0 aliphatic carbocycles. The summed E-state index contributed by atoms with van der Waals surface area (Å²) in [6, 6.07) is 5.72. The minimum Gasteiger partial charge on any atom is -0.237 e. The Morgan fingerprint density at radius 2 is 2.15 bits per heavy atom. The molecule has 2 aromatic rings. The first-order valence-corrected chi connectivity index (χ1v) is 4.14. The summed E-state index contributed by atoms with van der Waals surface area (Å²) in [6.07, 6.45) is 4.85. The van der Waals surface area contributed by atoms with Crippen molar-refractivity contribution in [2.75, 3.05) is 0 Å². The van der Waals surface area contributed by atoms with Crippen LogP contribution in [0, 0.1) is 20.0 Å². The zero-order valence-corrected chi connectivity index (χ0v) is 7.65. The van der Waals surface area contributed by atoms with E-state index >= 15 is 0 Å². The van der Waals surface area contributed by atoms with Gasteiger partial charge in [-0.2, -0.15) is 5.10 Å². The van der Waals surface area contributed by atoms with Gasteiger partial charge in [0.1, 0.15) is 0 Å². The molecule has 0 saturated heterocycles. The molecule has 65 valence electrons. The largest absolute Gasteiger partial charge is 0.237 e. The fourth-order valence-electron chi connectivity index (χ4n) is 1.08. The molecule has 0 amide bonds. The summed E-state index contributed by atoms with van der Waals surface area (Å²) >= 11 is 0. The quantitative estimate of drug-likeness (QED) is 0.655. The molecular formula is C10H10N3. The number of hydrogen-bond donors (Lipinski definition) is 0. The Kier molecular flexibility index (Phi) is 1.85. The summed E-state index contributed by atoms with van der Waals surface area (Å²) in [5.74, 6) is 0.804. The molecule has 0 spiro atoms. The van der Waals surface area contributed by atoms with E-state index < -0.39 is 0 Å². The molecular weight excluding hydrogens is 162 g/mol. The Bertz CT molecular complexity index is 384. The zero-order chi connectivity index (χ0) is 9.26. The van der Waals surface area contributed by atoms with E-state index in [9.17, 15) is 0 Å². The van der Waals surface area contributed by atoms with E-state index in [0.717, 1.165) is 17.1 Å². The van der Waals surface area contributed by atoms with Gasteiger partial charge in [0.05, 0.1) is 11.9 Å². The van der Waals surface area contributed by atoms with Crippen LogP contribution >= 0.6 is 0 Å². The molecule has 0 unspecified atom stereocenters. The van der Waals surface area contributed by atoms with E-state index in [4.69, 9.17) is 0 Å². The Hall–Kier alpha value is -1.64. The van der Waals surface area contributed by atoms with Crippen molar-refractivity contribution in [3.8, 4) is 5.82 Å². The summed E-state index contributed by atoms with van der Waals surface area (Å²) < 4.78 is 1.67. The molecule has 0 saturated carbocycles. The first-order valence-electron chi connectivity index (χ1n) is 4.14. The minimum absolute atomic E-state index is 0.804. The van der Waals surface area contributed by atoms with E-state index in [1.165, 1.54) is 0 Å². The third-order valence-electron chi connectivity index (χ3n) is 1.93. The van der Waals surface area contributed by atoms with E-state index in [-0.39, 0.29) is 0 Å². The fraction of sp³-hybridized carbons (Fsp3) is 0.200. The fourth-order valence-corrected chi connectivity index (χ4v) is 1.08. The van der Waals surface area contributed by atoms with Crippen LogP contribution in [0.25, 0.3) is 5.82 Å². The maximum absolute atomic E-state index is 4.28. The lowest BCUT2D eigenvalue weighted by molar-refractivity contribution is 0.827. The van der Waals surface area contributed by atoms with Crippen LogP contribution < -0.4 is 0 Å². The number of aromatic nitrogens is 3. The third kappa shape index (κ3) is 1.45. The summed E-state index contributed by atoms with van der Waals surface area (Å²) in [7, 11) is 0. The average Bonchev–Trinajstić information content (AvgIpc) is 2.49. The maximum Gasteiger partial charge on any atom is 0.154 e. The van der Waals surface area contributed by atoms with Crippen molar-refractivity contribution in [3.05, 3.63) is 41.9 Å². The smallest absolute Gasteiger partial charge is 0.154 e. The van der Waals surface area contributed by atoms with Gasteiger partial charge >= 0.3 is 0 Å². The Morgan fingerprint density at radius 3 is 2.69 bits per heavy atom. The highest BCUT2D eigenvalue weighted by Gasteiger charge is 2.02. The van der Waals surface area contributed by atoms with Crippen molar-refractivity contribution in [2.24, 2.45) is 0 Å². The SMILES string of the molecule is Cc1[c]n(-c2ccccn2)nc1C. The molecule has 2 rings (SSSR count). The molecule has 0 bridgehead atoms. The Morgan fingerprint density at radius 1 is 1.31 bits per heavy atom. The van der Waals surface area contributed by atoms with Crippen molar-refractivity contribution in [2.45, 2.75) is 13.8 Å². The van der Waals surface area contributed by atoms with Crippen LogP contribution in [0.5, 0.6) is 0 Å². The van der Waals surface area contributed by atoms with Gasteiger partial charge in [-0.1, -0.05) is 6.07 Å².